The number of aromatic nitrogens is 2. The van der Waals surface area contributed by atoms with E-state index in [0.29, 0.717) is 17.9 Å². The average molecular weight is 427 g/mol. The smallest absolute Gasteiger partial charge is 0.350 e. The van der Waals surface area contributed by atoms with Gasteiger partial charge in [-0.3, -0.25) is 9.36 Å². The van der Waals surface area contributed by atoms with Crippen LogP contribution in [0.3, 0.4) is 0 Å². The summed E-state index contributed by atoms with van der Waals surface area (Å²) in [5, 5.41) is 6.99. The molecule has 0 bridgehead atoms. The lowest BCUT2D eigenvalue weighted by Gasteiger charge is -2.15. The summed E-state index contributed by atoms with van der Waals surface area (Å²) in [6.45, 7) is 4.52. The summed E-state index contributed by atoms with van der Waals surface area (Å²) in [7, 11) is 0. The molecule has 0 spiro atoms. The lowest BCUT2D eigenvalue weighted by molar-refractivity contribution is -0.116. The van der Waals surface area contributed by atoms with Crippen LogP contribution in [-0.4, -0.2) is 15.5 Å². The third-order valence-corrected chi connectivity index (χ3v) is 5.44. The molecule has 4 aromatic rings. The van der Waals surface area contributed by atoms with Crippen LogP contribution < -0.4 is 16.3 Å². The lowest BCUT2D eigenvalue weighted by Crippen LogP contribution is -2.30. The Hall–Kier alpha value is -3.93. The van der Waals surface area contributed by atoms with Crippen molar-refractivity contribution in [3.05, 3.63) is 100.0 Å². The second-order valence-corrected chi connectivity index (χ2v) is 7.74. The number of amides is 1. The van der Waals surface area contributed by atoms with Crippen LogP contribution in [0, 0.1) is 6.92 Å². The lowest BCUT2D eigenvalue weighted by atomic mass is 10.1. The van der Waals surface area contributed by atoms with Crippen molar-refractivity contribution < 1.29 is 4.79 Å². The van der Waals surface area contributed by atoms with Gasteiger partial charge in [-0.2, -0.15) is 4.98 Å². The Balaban J connectivity index is 1.59. The number of benzene rings is 3. The number of carbonyl (C=O) groups is 1. The minimum absolute atomic E-state index is 0.108. The summed E-state index contributed by atoms with van der Waals surface area (Å²) in [6, 6.07) is 23.4. The first-order valence-electron chi connectivity index (χ1n) is 10.7. The first kappa shape index (κ1) is 21.3. The van der Waals surface area contributed by atoms with E-state index in [1.807, 2.05) is 74.5 Å². The number of para-hydroxylation sites is 2. The molecular formula is C26H26N4O2. The molecule has 4 rings (SSSR count). The second-order valence-electron chi connectivity index (χ2n) is 7.74. The fourth-order valence-corrected chi connectivity index (χ4v) is 3.69. The number of fused-ring (bicyclic) bond motifs is 1. The van der Waals surface area contributed by atoms with Gasteiger partial charge in [-0.15, -0.1) is 0 Å². The van der Waals surface area contributed by atoms with Crippen LogP contribution in [0.25, 0.3) is 10.9 Å². The summed E-state index contributed by atoms with van der Waals surface area (Å²) in [5.41, 5.74) is 4.31. The topological polar surface area (TPSA) is 76.0 Å². The van der Waals surface area contributed by atoms with Crippen molar-refractivity contribution in [1.82, 2.24) is 9.55 Å². The van der Waals surface area contributed by atoms with Crippen molar-refractivity contribution in [1.29, 1.82) is 0 Å². The number of hydrogen-bond donors (Lipinski definition) is 2. The molecule has 2 N–H and O–H groups in total. The third-order valence-electron chi connectivity index (χ3n) is 5.44. The molecule has 0 unspecified atom stereocenters. The Morgan fingerprint density at radius 1 is 0.969 bits per heavy atom. The van der Waals surface area contributed by atoms with Gasteiger partial charge in [-0.05, 0) is 42.7 Å². The van der Waals surface area contributed by atoms with Crippen LogP contribution in [0.4, 0.5) is 11.5 Å². The maximum absolute atomic E-state index is 12.9. The number of nitrogens with one attached hydrogen (secondary N) is 2. The van der Waals surface area contributed by atoms with Crippen LogP contribution in [0.5, 0.6) is 0 Å². The average Bonchev–Trinajstić information content (AvgIpc) is 2.81. The van der Waals surface area contributed by atoms with Gasteiger partial charge in [-0.25, -0.2) is 4.79 Å². The van der Waals surface area contributed by atoms with Crippen molar-refractivity contribution in [2.75, 3.05) is 10.6 Å². The van der Waals surface area contributed by atoms with Crippen molar-refractivity contribution in [2.45, 2.75) is 33.4 Å². The number of carbonyl (C=O) groups excluding carboxylic acids is 1. The molecule has 32 heavy (non-hydrogen) atoms. The van der Waals surface area contributed by atoms with E-state index in [1.165, 1.54) is 10.1 Å². The molecule has 0 atom stereocenters. The van der Waals surface area contributed by atoms with Crippen molar-refractivity contribution in [3.63, 3.8) is 0 Å². The van der Waals surface area contributed by atoms with E-state index in [2.05, 4.69) is 27.8 Å². The van der Waals surface area contributed by atoms with Gasteiger partial charge in [0.25, 0.3) is 0 Å². The van der Waals surface area contributed by atoms with Crippen molar-refractivity contribution >= 4 is 28.3 Å². The SMILES string of the molecule is CCc1ccccc1NC(=O)Cn1c(=O)nc(NCc2ccc(C)cc2)c2ccccc21. The number of hydrogen-bond acceptors (Lipinski definition) is 4. The molecule has 0 aliphatic carbocycles. The van der Waals surface area contributed by atoms with Gasteiger partial charge in [0.2, 0.25) is 5.91 Å². The number of aryl methyl sites for hydroxylation is 2. The molecule has 0 aliphatic rings. The van der Waals surface area contributed by atoms with Gasteiger partial charge in [0.15, 0.2) is 0 Å². The normalized spacial score (nSPS) is 10.8. The Labute approximate surface area is 186 Å². The second kappa shape index (κ2) is 9.47. The number of anilines is 2. The molecule has 1 amide bonds. The molecule has 162 valence electrons. The molecular weight excluding hydrogens is 400 g/mol. The zero-order valence-electron chi connectivity index (χ0n) is 18.3. The first-order chi connectivity index (χ1) is 15.5. The van der Waals surface area contributed by atoms with Crippen LogP contribution >= 0.6 is 0 Å². The number of nitrogens with zero attached hydrogens (tertiary/aromatic N) is 2. The Bertz CT molecular complexity index is 1310. The highest BCUT2D eigenvalue weighted by atomic mass is 16.2. The molecule has 0 aliphatic heterocycles. The molecule has 6 nitrogen and oxygen atoms in total. The van der Waals surface area contributed by atoms with E-state index in [-0.39, 0.29) is 12.5 Å². The quantitative estimate of drug-likeness (QED) is 0.456. The highest BCUT2D eigenvalue weighted by Crippen LogP contribution is 2.21. The Morgan fingerprint density at radius 2 is 1.69 bits per heavy atom. The summed E-state index contributed by atoms with van der Waals surface area (Å²) >= 11 is 0. The highest BCUT2D eigenvalue weighted by molar-refractivity contribution is 5.94. The summed E-state index contributed by atoms with van der Waals surface area (Å²) in [5.74, 6) is 0.250. The predicted octanol–water partition coefficient (Wildman–Crippen LogP) is 4.52. The van der Waals surface area contributed by atoms with Gasteiger partial charge in [-0.1, -0.05) is 67.1 Å². The van der Waals surface area contributed by atoms with Crippen LogP contribution in [0.1, 0.15) is 23.6 Å². The van der Waals surface area contributed by atoms with Gasteiger partial charge in [0.1, 0.15) is 12.4 Å². The van der Waals surface area contributed by atoms with Gasteiger partial charge < -0.3 is 10.6 Å². The molecule has 0 fully saturated rings. The standard InChI is InChI=1S/C26H26N4O2/c1-3-20-8-4-6-10-22(20)28-24(31)17-30-23-11-7-5-9-21(23)25(29-26(30)32)27-16-19-14-12-18(2)13-15-19/h4-15H,3,16-17H2,1-2H3,(H,28,31)(H,27,29,32). The predicted molar refractivity (Wildman–Crippen MR) is 129 cm³/mol. The minimum Gasteiger partial charge on any atom is -0.365 e. The summed E-state index contributed by atoms with van der Waals surface area (Å²) in [4.78, 5) is 29.9. The first-order valence-corrected chi connectivity index (χ1v) is 10.7. The molecule has 1 aromatic heterocycles. The van der Waals surface area contributed by atoms with E-state index in [1.54, 1.807) is 0 Å². The fraction of sp³-hybridized carbons (Fsp3) is 0.192. The van der Waals surface area contributed by atoms with E-state index in [0.717, 1.165) is 28.6 Å². The molecule has 0 saturated heterocycles. The molecule has 0 radical (unpaired) electrons. The maximum atomic E-state index is 12.9. The van der Waals surface area contributed by atoms with Crippen LogP contribution in [0.2, 0.25) is 0 Å². The van der Waals surface area contributed by atoms with Crippen LogP contribution in [0.15, 0.2) is 77.6 Å². The van der Waals surface area contributed by atoms with Gasteiger partial charge in [0, 0.05) is 17.6 Å². The molecule has 0 saturated carbocycles. The van der Waals surface area contributed by atoms with Gasteiger partial charge in [0.05, 0.1) is 5.52 Å². The minimum atomic E-state index is -0.464. The van der Waals surface area contributed by atoms with Crippen molar-refractivity contribution in [2.24, 2.45) is 0 Å². The largest absolute Gasteiger partial charge is 0.365 e. The summed E-state index contributed by atoms with van der Waals surface area (Å²) in [6.07, 6.45) is 0.808. The third kappa shape index (κ3) is 4.70. The monoisotopic (exact) mass is 426 g/mol. The van der Waals surface area contributed by atoms with E-state index in [4.69, 9.17) is 0 Å². The van der Waals surface area contributed by atoms with E-state index >= 15 is 0 Å². The highest BCUT2D eigenvalue weighted by Gasteiger charge is 2.14. The summed E-state index contributed by atoms with van der Waals surface area (Å²) < 4.78 is 1.41. The Morgan fingerprint density at radius 3 is 2.47 bits per heavy atom. The van der Waals surface area contributed by atoms with E-state index in [9.17, 15) is 9.59 Å². The molecule has 1 heterocycles. The molecule has 6 heteroatoms. The maximum Gasteiger partial charge on any atom is 0.350 e. The van der Waals surface area contributed by atoms with Crippen LogP contribution in [-0.2, 0) is 24.3 Å². The zero-order valence-corrected chi connectivity index (χ0v) is 18.3. The zero-order chi connectivity index (χ0) is 22.5. The fourth-order valence-electron chi connectivity index (χ4n) is 3.69. The Kier molecular flexibility index (Phi) is 6.31. The van der Waals surface area contributed by atoms with Gasteiger partial charge >= 0.3 is 5.69 Å². The molecule has 3 aromatic carbocycles. The number of rotatable bonds is 7. The van der Waals surface area contributed by atoms with Crippen molar-refractivity contribution in [3.8, 4) is 0 Å². The van der Waals surface area contributed by atoms with E-state index < -0.39 is 5.69 Å².